The summed E-state index contributed by atoms with van der Waals surface area (Å²) in [7, 11) is 1.96. The zero-order valence-electron chi connectivity index (χ0n) is 7.84. The van der Waals surface area contributed by atoms with Crippen molar-refractivity contribution in [2.45, 2.75) is 17.9 Å². The molecule has 1 heterocycles. The van der Waals surface area contributed by atoms with Crippen molar-refractivity contribution in [1.29, 1.82) is 0 Å². The van der Waals surface area contributed by atoms with Gasteiger partial charge in [-0.15, -0.1) is 11.8 Å². The van der Waals surface area contributed by atoms with Gasteiger partial charge in [0.05, 0.1) is 5.75 Å². The molecule has 0 saturated heterocycles. The number of furan rings is 1. The van der Waals surface area contributed by atoms with Gasteiger partial charge >= 0.3 is 0 Å². The maximum atomic E-state index is 5.65. The Hall–Kier alpha value is -0.120. The van der Waals surface area contributed by atoms with Crippen LogP contribution in [0.5, 0.6) is 0 Å². The van der Waals surface area contributed by atoms with Crippen molar-refractivity contribution in [1.82, 2.24) is 5.32 Å². The Kier molecular flexibility index (Phi) is 4.70. The highest BCUT2D eigenvalue weighted by molar-refractivity contribution is 7.99. The third kappa shape index (κ3) is 4.07. The third-order valence-corrected chi connectivity index (χ3v) is 3.02. The molecule has 13 heavy (non-hydrogen) atoms. The van der Waals surface area contributed by atoms with Crippen molar-refractivity contribution in [3.8, 4) is 0 Å². The molecule has 0 radical (unpaired) electrons. The van der Waals surface area contributed by atoms with Gasteiger partial charge in [0.25, 0.3) is 0 Å². The molecule has 0 saturated carbocycles. The van der Waals surface area contributed by atoms with Gasteiger partial charge in [0.1, 0.15) is 5.76 Å². The van der Waals surface area contributed by atoms with Gasteiger partial charge in [0.15, 0.2) is 5.22 Å². The molecule has 1 aromatic rings. The molecule has 1 atom stereocenters. The van der Waals surface area contributed by atoms with E-state index in [0.717, 1.165) is 18.1 Å². The Morgan fingerprint density at radius 1 is 1.62 bits per heavy atom. The van der Waals surface area contributed by atoms with E-state index in [0.29, 0.717) is 10.5 Å². The number of rotatable bonds is 5. The zero-order chi connectivity index (χ0) is 9.68. The van der Waals surface area contributed by atoms with Crippen LogP contribution in [0.15, 0.2) is 16.5 Å². The van der Waals surface area contributed by atoms with Gasteiger partial charge in [-0.05, 0) is 30.8 Å². The predicted molar refractivity (Wildman–Crippen MR) is 58.4 cm³/mol. The fourth-order valence-corrected chi connectivity index (χ4v) is 2.05. The normalized spacial score (nSPS) is 13.2. The molecule has 0 fully saturated rings. The molecule has 74 valence electrons. The SMILES string of the molecule is CNCC(C)SCc1ccc(Cl)o1. The van der Waals surface area contributed by atoms with Gasteiger partial charge in [0, 0.05) is 11.8 Å². The second kappa shape index (κ2) is 5.58. The number of hydrogen-bond donors (Lipinski definition) is 1. The van der Waals surface area contributed by atoms with E-state index in [1.807, 2.05) is 24.9 Å². The molecule has 2 nitrogen and oxygen atoms in total. The minimum Gasteiger partial charge on any atom is -0.449 e. The van der Waals surface area contributed by atoms with Gasteiger partial charge in [0.2, 0.25) is 0 Å². The van der Waals surface area contributed by atoms with Crippen molar-refractivity contribution < 1.29 is 4.42 Å². The van der Waals surface area contributed by atoms with Crippen LogP contribution in [0.4, 0.5) is 0 Å². The van der Waals surface area contributed by atoms with Crippen molar-refractivity contribution in [3.05, 3.63) is 23.1 Å². The first-order chi connectivity index (χ1) is 6.22. The summed E-state index contributed by atoms with van der Waals surface area (Å²) in [5, 5.41) is 4.19. The molecule has 1 N–H and O–H groups in total. The summed E-state index contributed by atoms with van der Waals surface area (Å²) in [4.78, 5) is 0. The lowest BCUT2D eigenvalue weighted by Crippen LogP contribution is -2.17. The molecule has 0 spiro atoms. The van der Waals surface area contributed by atoms with Crippen LogP contribution in [-0.4, -0.2) is 18.8 Å². The van der Waals surface area contributed by atoms with Crippen LogP contribution in [0.2, 0.25) is 5.22 Å². The molecule has 1 aromatic heterocycles. The van der Waals surface area contributed by atoms with E-state index in [9.17, 15) is 0 Å². The van der Waals surface area contributed by atoms with Crippen LogP contribution >= 0.6 is 23.4 Å². The van der Waals surface area contributed by atoms with Gasteiger partial charge in [-0.25, -0.2) is 0 Å². The second-order valence-electron chi connectivity index (χ2n) is 2.89. The first-order valence-electron chi connectivity index (χ1n) is 4.22. The highest BCUT2D eigenvalue weighted by Gasteiger charge is 2.04. The lowest BCUT2D eigenvalue weighted by Gasteiger charge is -2.08. The number of nitrogens with one attached hydrogen (secondary N) is 1. The number of halogens is 1. The Morgan fingerprint density at radius 3 is 2.92 bits per heavy atom. The fourth-order valence-electron chi connectivity index (χ4n) is 1.00. The zero-order valence-corrected chi connectivity index (χ0v) is 9.41. The monoisotopic (exact) mass is 219 g/mol. The van der Waals surface area contributed by atoms with Crippen molar-refractivity contribution >= 4 is 23.4 Å². The summed E-state index contributed by atoms with van der Waals surface area (Å²) in [6.07, 6.45) is 0. The van der Waals surface area contributed by atoms with Gasteiger partial charge in [-0.1, -0.05) is 6.92 Å². The first kappa shape index (κ1) is 11.0. The summed E-state index contributed by atoms with van der Waals surface area (Å²) in [5.74, 6) is 1.83. The molecule has 0 aliphatic heterocycles. The van der Waals surface area contributed by atoms with E-state index >= 15 is 0 Å². The highest BCUT2D eigenvalue weighted by atomic mass is 35.5. The number of hydrogen-bond acceptors (Lipinski definition) is 3. The third-order valence-electron chi connectivity index (χ3n) is 1.63. The minimum atomic E-state index is 0.469. The topological polar surface area (TPSA) is 25.2 Å². The van der Waals surface area contributed by atoms with Gasteiger partial charge in [-0.3, -0.25) is 0 Å². The quantitative estimate of drug-likeness (QED) is 0.825. The maximum absolute atomic E-state index is 5.65. The van der Waals surface area contributed by atoms with Gasteiger partial charge < -0.3 is 9.73 Å². The van der Waals surface area contributed by atoms with E-state index in [4.69, 9.17) is 16.0 Å². The van der Waals surface area contributed by atoms with Crippen LogP contribution in [0.3, 0.4) is 0 Å². The molecular formula is C9H14ClNOS. The minimum absolute atomic E-state index is 0.469. The van der Waals surface area contributed by atoms with Crippen LogP contribution in [-0.2, 0) is 5.75 Å². The van der Waals surface area contributed by atoms with Crippen molar-refractivity contribution in [2.24, 2.45) is 0 Å². The lowest BCUT2D eigenvalue weighted by molar-refractivity contribution is 0.532. The summed E-state index contributed by atoms with van der Waals surface area (Å²) in [5.41, 5.74) is 0. The van der Waals surface area contributed by atoms with E-state index < -0.39 is 0 Å². The summed E-state index contributed by atoms with van der Waals surface area (Å²) >= 11 is 7.50. The maximum Gasteiger partial charge on any atom is 0.193 e. The molecule has 0 aromatic carbocycles. The molecule has 0 aliphatic carbocycles. The molecule has 0 aliphatic rings. The molecule has 0 amide bonds. The van der Waals surface area contributed by atoms with Crippen LogP contribution in [0, 0.1) is 0 Å². The number of thioether (sulfide) groups is 1. The largest absolute Gasteiger partial charge is 0.449 e. The molecule has 0 bridgehead atoms. The standard InChI is InChI=1S/C9H14ClNOS/c1-7(5-11-2)13-6-8-3-4-9(10)12-8/h3-4,7,11H,5-6H2,1-2H3. The highest BCUT2D eigenvalue weighted by Crippen LogP contribution is 2.21. The van der Waals surface area contributed by atoms with E-state index in [-0.39, 0.29) is 0 Å². The average molecular weight is 220 g/mol. The first-order valence-corrected chi connectivity index (χ1v) is 5.65. The molecule has 1 unspecified atom stereocenters. The van der Waals surface area contributed by atoms with Crippen LogP contribution in [0.1, 0.15) is 12.7 Å². The summed E-state index contributed by atoms with van der Waals surface area (Å²) in [6, 6.07) is 3.70. The smallest absolute Gasteiger partial charge is 0.193 e. The Morgan fingerprint density at radius 2 is 2.38 bits per heavy atom. The molecular weight excluding hydrogens is 206 g/mol. The average Bonchev–Trinajstić information content (AvgIpc) is 2.49. The lowest BCUT2D eigenvalue weighted by atomic mass is 10.5. The Labute approximate surface area is 88.0 Å². The van der Waals surface area contributed by atoms with Gasteiger partial charge in [-0.2, -0.15) is 0 Å². The molecule has 4 heteroatoms. The summed E-state index contributed by atoms with van der Waals surface area (Å²) in [6.45, 7) is 3.20. The van der Waals surface area contributed by atoms with E-state index in [1.54, 1.807) is 6.07 Å². The van der Waals surface area contributed by atoms with E-state index in [1.165, 1.54) is 0 Å². The Bertz CT molecular complexity index is 252. The van der Waals surface area contributed by atoms with Crippen molar-refractivity contribution in [2.75, 3.05) is 13.6 Å². The second-order valence-corrected chi connectivity index (χ2v) is 4.68. The predicted octanol–water partition coefficient (Wildman–Crippen LogP) is 2.77. The van der Waals surface area contributed by atoms with Crippen LogP contribution in [0.25, 0.3) is 0 Å². The fraction of sp³-hybridized carbons (Fsp3) is 0.556. The molecule has 1 rings (SSSR count). The Balaban J connectivity index is 2.26. The van der Waals surface area contributed by atoms with Crippen LogP contribution < -0.4 is 5.32 Å². The van der Waals surface area contributed by atoms with Crippen molar-refractivity contribution in [3.63, 3.8) is 0 Å². The summed E-state index contributed by atoms with van der Waals surface area (Å²) < 4.78 is 5.24. The van der Waals surface area contributed by atoms with E-state index in [2.05, 4.69) is 12.2 Å².